The molecule has 0 radical (unpaired) electrons. The van der Waals surface area contributed by atoms with Crippen LogP contribution >= 0.6 is 0 Å². The maximum Gasteiger partial charge on any atom is 0.326 e. The van der Waals surface area contributed by atoms with Gasteiger partial charge in [-0.05, 0) is 32.9 Å². The average molecular weight is 413 g/mol. The molecule has 1 atom stereocenters. The van der Waals surface area contributed by atoms with Crippen molar-refractivity contribution in [2.45, 2.75) is 52.8 Å². The van der Waals surface area contributed by atoms with Gasteiger partial charge in [-0.2, -0.15) is 0 Å². The smallest absolute Gasteiger partial charge is 0.326 e. The highest BCUT2D eigenvalue weighted by molar-refractivity contribution is 6.06. The number of carbonyl (C=O) groups is 2. The zero-order valence-corrected chi connectivity index (χ0v) is 18.7. The summed E-state index contributed by atoms with van der Waals surface area (Å²) in [7, 11) is 1.58. The number of esters is 1. The molecule has 6 nitrogen and oxygen atoms in total. The SMILES string of the molecule is CCC.COc1ccc2c(c1)N(CC(=O)OC(C)(C)C)C(C(=O)c1ccccc1)N2. The molecule has 2 aromatic rings. The zero-order valence-electron chi connectivity index (χ0n) is 18.7. The Bertz CT molecular complexity index is 859. The van der Waals surface area contributed by atoms with Crippen molar-refractivity contribution in [2.24, 2.45) is 0 Å². The van der Waals surface area contributed by atoms with Crippen molar-refractivity contribution in [1.29, 1.82) is 0 Å². The van der Waals surface area contributed by atoms with Gasteiger partial charge in [0.05, 0.1) is 18.5 Å². The molecule has 0 saturated heterocycles. The lowest BCUT2D eigenvalue weighted by molar-refractivity contribution is -0.153. The van der Waals surface area contributed by atoms with Crippen LogP contribution in [0.25, 0.3) is 0 Å². The normalized spacial score (nSPS) is 14.7. The molecule has 162 valence electrons. The predicted molar refractivity (Wildman–Crippen MR) is 120 cm³/mol. The fourth-order valence-corrected chi connectivity index (χ4v) is 3.02. The number of ketones is 1. The van der Waals surface area contributed by atoms with E-state index in [2.05, 4.69) is 19.2 Å². The van der Waals surface area contributed by atoms with Crippen molar-refractivity contribution in [1.82, 2.24) is 0 Å². The van der Waals surface area contributed by atoms with Crippen LogP contribution < -0.4 is 15.0 Å². The van der Waals surface area contributed by atoms with Crippen molar-refractivity contribution >= 4 is 23.1 Å². The van der Waals surface area contributed by atoms with Gasteiger partial charge in [-0.15, -0.1) is 0 Å². The first-order chi connectivity index (χ1) is 14.2. The number of rotatable bonds is 5. The Kier molecular flexibility index (Phi) is 7.86. The Morgan fingerprint density at radius 1 is 1.07 bits per heavy atom. The summed E-state index contributed by atoms with van der Waals surface area (Å²) in [5.74, 6) is 0.137. The Morgan fingerprint density at radius 2 is 1.70 bits per heavy atom. The molecule has 0 fully saturated rings. The predicted octanol–water partition coefficient (Wildman–Crippen LogP) is 4.89. The van der Waals surface area contributed by atoms with Crippen LogP contribution in [-0.4, -0.2) is 37.2 Å². The highest BCUT2D eigenvalue weighted by Gasteiger charge is 2.36. The summed E-state index contributed by atoms with van der Waals surface area (Å²) in [6, 6.07) is 14.5. The number of anilines is 2. The first-order valence-corrected chi connectivity index (χ1v) is 10.2. The summed E-state index contributed by atoms with van der Waals surface area (Å²) in [5, 5.41) is 3.22. The fraction of sp³-hybridized carbons (Fsp3) is 0.417. The summed E-state index contributed by atoms with van der Waals surface area (Å²) in [4.78, 5) is 27.2. The van der Waals surface area contributed by atoms with Gasteiger partial charge in [0, 0.05) is 11.6 Å². The molecule has 6 heteroatoms. The van der Waals surface area contributed by atoms with Crippen LogP contribution in [0, 0.1) is 0 Å². The first kappa shape index (κ1) is 23.3. The molecule has 1 aliphatic rings. The number of hydrogen-bond acceptors (Lipinski definition) is 6. The van der Waals surface area contributed by atoms with Gasteiger partial charge in [0.1, 0.15) is 17.9 Å². The largest absolute Gasteiger partial charge is 0.497 e. The maximum absolute atomic E-state index is 13.1. The van der Waals surface area contributed by atoms with Gasteiger partial charge in [-0.3, -0.25) is 9.59 Å². The van der Waals surface area contributed by atoms with Crippen molar-refractivity contribution in [3.8, 4) is 5.75 Å². The van der Waals surface area contributed by atoms with Crippen LogP contribution in [0.2, 0.25) is 0 Å². The number of nitrogens with one attached hydrogen (secondary N) is 1. The zero-order chi connectivity index (χ0) is 22.3. The minimum absolute atomic E-state index is 0.0479. The topological polar surface area (TPSA) is 67.9 Å². The molecule has 0 spiro atoms. The molecule has 3 rings (SSSR count). The second-order valence-corrected chi connectivity index (χ2v) is 8.08. The van der Waals surface area contributed by atoms with Gasteiger partial charge in [-0.25, -0.2) is 0 Å². The Labute approximate surface area is 179 Å². The van der Waals surface area contributed by atoms with Gasteiger partial charge in [0.15, 0.2) is 6.17 Å². The Hall–Kier alpha value is -3.02. The minimum atomic E-state index is -0.693. The summed E-state index contributed by atoms with van der Waals surface area (Å²) >= 11 is 0. The number of carbonyl (C=O) groups excluding carboxylic acids is 2. The average Bonchev–Trinajstić information content (AvgIpc) is 3.04. The van der Waals surface area contributed by atoms with Crippen molar-refractivity contribution in [3.05, 3.63) is 54.1 Å². The summed E-state index contributed by atoms with van der Waals surface area (Å²) in [5.41, 5.74) is 1.48. The van der Waals surface area contributed by atoms with E-state index in [1.54, 1.807) is 24.1 Å². The third kappa shape index (κ3) is 5.99. The molecule has 1 heterocycles. The van der Waals surface area contributed by atoms with Gasteiger partial charge >= 0.3 is 5.97 Å². The summed E-state index contributed by atoms with van der Waals surface area (Å²) in [6.07, 6.45) is 0.557. The van der Waals surface area contributed by atoms with Gasteiger partial charge in [-0.1, -0.05) is 50.6 Å². The third-order valence-corrected chi connectivity index (χ3v) is 4.14. The number of benzene rings is 2. The highest BCUT2D eigenvalue weighted by atomic mass is 16.6. The lowest BCUT2D eigenvalue weighted by Crippen LogP contribution is -2.46. The Balaban J connectivity index is 0.00000101. The number of fused-ring (bicyclic) bond motifs is 1. The second kappa shape index (κ2) is 10.1. The van der Waals surface area contributed by atoms with Crippen molar-refractivity contribution < 1.29 is 19.1 Å². The molecule has 1 aliphatic heterocycles. The molecule has 1 N–H and O–H groups in total. The first-order valence-electron chi connectivity index (χ1n) is 10.2. The van der Waals surface area contributed by atoms with E-state index in [0.29, 0.717) is 11.3 Å². The van der Waals surface area contributed by atoms with E-state index in [1.165, 1.54) is 6.42 Å². The van der Waals surface area contributed by atoms with Crippen LogP contribution in [0.5, 0.6) is 5.75 Å². The van der Waals surface area contributed by atoms with Crippen molar-refractivity contribution in [2.75, 3.05) is 23.9 Å². The lowest BCUT2D eigenvalue weighted by Gasteiger charge is -2.27. The number of ether oxygens (including phenoxy) is 2. The van der Waals surface area contributed by atoms with E-state index in [4.69, 9.17) is 9.47 Å². The molecule has 0 bridgehead atoms. The quantitative estimate of drug-likeness (QED) is 0.557. The highest BCUT2D eigenvalue weighted by Crippen LogP contribution is 2.38. The molecular weight excluding hydrogens is 380 g/mol. The second-order valence-electron chi connectivity index (χ2n) is 8.08. The molecule has 0 aromatic heterocycles. The maximum atomic E-state index is 13.1. The Morgan fingerprint density at radius 3 is 2.27 bits per heavy atom. The standard InChI is InChI=1S/C21H24N2O4.C3H8/c1-21(2,3)27-18(24)13-23-17-12-15(26-4)10-11-16(17)22-20(23)19(25)14-8-6-5-7-9-14;1-3-2/h5-12,20,22H,13H2,1-4H3;3H2,1-2H3. The van der Waals surface area contributed by atoms with Crippen molar-refractivity contribution in [3.63, 3.8) is 0 Å². The molecule has 1 unspecified atom stereocenters. The van der Waals surface area contributed by atoms with E-state index >= 15 is 0 Å². The minimum Gasteiger partial charge on any atom is -0.497 e. The number of hydrogen-bond donors (Lipinski definition) is 1. The lowest BCUT2D eigenvalue weighted by atomic mass is 10.1. The van der Waals surface area contributed by atoms with Crippen LogP contribution in [-0.2, 0) is 9.53 Å². The molecule has 30 heavy (non-hydrogen) atoms. The monoisotopic (exact) mass is 412 g/mol. The fourth-order valence-electron chi connectivity index (χ4n) is 3.02. The van der Waals surface area contributed by atoms with E-state index in [-0.39, 0.29) is 12.3 Å². The van der Waals surface area contributed by atoms with Crippen LogP contribution in [0.15, 0.2) is 48.5 Å². The van der Waals surface area contributed by atoms with E-state index < -0.39 is 17.7 Å². The van der Waals surface area contributed by atoms with Crippen LogP contribution in [0.4, 0.5) is 11.4 Å². The number of Topliss-reactive ketones (excluding diaryl/α,β-unsaturated/α-hetero) is 1. The molecule has 0 amide bonds. The van der Waals surface area contributed by atoms with E-state index in [0.717, 1.165) is 11.4 Å². The molecule has 2 aromatic carbocycles. The number of methoxy groups -OCH3 is 1. The van der Waals surface area contributed by atoms with Gasteiger partial charge < -0.3 is 19.7 Å². The number of nitrogens with zero attached hydrogens (tertiary/aromatic N) is 1. The summed E-state index contributed by atoms with van der Waals surface area (Å²) < 4.78 is 10.8. The molecular formula is C24H32N2O4. The third-order valence-electron chi connectivity index (χ3n) is 4.14. The molecule has 0 aliphatic carbocycles. The molecule has 0 saturated carbocycles. The van der Waals surface area contributed by atoms with E-state index in [1.807, 2.05) is 57.2 Å². The van der Waals surface area contributed by atoms with Gasteiger partial charge in [0.25, 0.3) is 0 Å². The van der Waals surface area contributed by atoms with Crippen LogP contribution in [0.3, 0.4) is 0 Å². The van der Waals surface area contributed by atoms with Crippen LogP contribution in [0.1, 0.15) is 51.4 Å². The summed E-state index contributed by atoms with van der Waals surface area (Å²) in [6.45, 7) is 9.65. The van der Waals surface area contributed by atoms with Gasteiger partial charge in [0.2, 0.25) is 5.78 Å². The van der Waals surface area contributed by atoms with E-state index in [9.17, 15) is 9.59 Å².